The van der Waals surface area contributed by atoms with E-state index in [1.54, 1.807) is 4.90 Å². The summed E-state index contributed by atoms with van der Waals surface area (Å²) in [4.78, 5) is 23.1. The Bertz CT molecular complexity index is 1320. The number of carbonyl (C=O) groups excluding carboxylic acids is 1. The molecule has 1 amide bonds. The molecule has 0 bridgehead atoms. The van der Waals surface area contributed by atoms with Gasteiger partial charge in [-0.05, 0) is 81.0 Å². The van der Waals surface area contributed by atoms with Gasteiger partial charge in [-0.25, -0.2) is 14.4 Å². The van der Waals surface area contributed by atoms with E-state index in [0.717, 1.165) is 49.4 Å². The molecule has 35 heavy (non-hydrogen) atoms. The lowest BCUT2D eigenvalue weighted by Crippen LogP contribution is -2.43. The number of rotatable bonds is 5. The molecule has 7 nitrogen and oxygen atoms in total. The Kier molecular flexibility index (Phi) is 5.40. The number of carbonyl (C=O) groups is 1. The second-order valence-corrected chi connectivity index (χ2v) is 9.76. The lowest BCUT2D eigenvalue weighted by molar-refractivity contribution is -0.121. The first-order chi connectivity index (χ1) is 17.0. The highest BCUT2D eigenvalue weighted by molar-refractivity contribution is 5.99. The molecule has 1 saturated carbocycles. The lowest BCUT2D eigenvalue weighted by Gasteiger charge is -2.34. The standard InChI is InChI=1S/C27H28FN5O2/c1-15(2)33-23-11-18(10-21(17-3-4-17)26(23)35-14-24(33)34)25-22(28)13-30-27(32-25)31-20-6-5-16-7-8-29-12-19(16)9-20/h5-6,9-11,13,15,17,29H,3-4,7-8,12,14H2,1-2H3,(H,30,31,32). The fourth-order valence-corrected chi connectivity index (χ4v) is 5.03. The molecule has 1 aromatic heterocycles. The van der Waals surface area contributed by atoms with Gasteiger partial charge in [0.05, 0.1) is 11.9 Å². The Morgan fingerprint density at radius 3 is 2.86 bits per heavy atom. The summed E-state index contributed by atoms with van der Waals surface area (Å²) in [5.41, 5.74) is 5.96. The second kappa shape index (κ2) is 8.61. The number of hydrogen-bond acceptors (Lipinski definition) is 6. The molecule has 2 aliphatic heterocycles. The van der Waals surface area contributed by atoms with Crippen molar-refractivity contribution >= 4 is 23.2 Å². The maximum absolute atomic E-state index is 15.1. The van der Waals surface area contributed by atoms with Gasteiger partial charge in [0.2, 0.25) is 5.95 Å². The number of hydrogen-bond donors (Lipinski definition) is 2. The van der Waals surface area contributed by atoms with E-state index >= 15 is 4.39 Å². The molecule has 6 rings (SSSR count). The SMILES string of the molecule is CC(C)N1C(=O)COc2c(C3CC3)cc(-c3nc(Nc4ccc5c(c4)CNCC5)ncc3F)cc21. The molecule has 0 radical (unpaired) electrons. The van der Waals surface area contributed by atoms with Crippen molar-refractivity contribution in [2.24, 2.45) is 0 Å². The summed E-state index contributed by atoms with van der Waals surface area (Å²) in [6.45, 7) is 5.78. The summed E-state index contributed by atoms with van der Waals surface area (Å²) in [5, 5.41) is 6.61. The van der Waals surface area contributed by atoms with Crippen LogP contribution in [-0.4, -0.2) is 35.1 Å². The summed E-state index contributed by atoms with van der Waals surface area (Å²) < 4.78 is 20.9. The van der Waals surface area contributed by atoms with E-state index in [4.69, 9.17) is 4.74 Å². The molecule has 2 aromatic carbocycles. The number of aromatic nitrogens is 2. The minimum Gasteiger partial charge on any atom is -0.481 e. The Hall–Kier alpha value is -3.52. The maximum atomic E-state index is 15.1. The largest absolute Gasteiger partial charge is 0.481 e. The van der Waals surface area contributed by atoms with Crippen LogP contribution in [0.25, 0.3) is 11.3 Å². The number of benzene rings is 2. The van der Waals surface area contributed by atoms with Crippen LogP contribution in [-0.2, 0) is 17.8 Å². The van der Waals surface area contributed by atoms with E-state index in [9.17, 15) is 4.79 Å². The first kappa shape index (κ1) is 22.0. The van der Waals surface area contributed by atoms with Crippen molar-refractivity contribution in [1.29, 1.82) is 0 Å². The summed E-state index contributed by atoms with van der Waals surface area (Å²) in [6, 6.07) is 9.94. The average molecular weight is 474 g/mol. The van der Waals surface area contributed by atoms with Crippen LogP contribution in [0.15, 0.2) is 36.5 Å². The summed E-state index contributed by atoms with van der Waals surface area (Å²) in [7, 11) is 0. The van der Waals surface area contributed by atoms with E-state index in [1.165, 1.54) is 17.3 Å². The Labute approximate surface area is 203 Å². The topological polar surface area (TPSA) is 79.4 Å². The second-order valence-electron chi connectivity index (χ2n) is 9.76. The zero-order valence-corrected chi connectivity index (χ0v) is 19.9. The third-order valence-corrected chi connectivity index (χ3v) is 6.87. The molecular formula is C27H28FN5O2. The third-order valence-electron chi connectivity index (χ3n) is 6.87. The zero-order valence-electron chi connectivity index (χ0n) is 19.9. The van der Waals surface area contributed by atoms with Crippen molar-refractivity contribution in [3.63, 3.8) is 0 Å². The quantitative estimate of drug-likeness (QED) is 0.560. The van der Waals surface area contributed by atoms with Gasteiger partial charge >= 0.3 is 0 Å². The van der Waals surface area contributed by atoms with Crippen molar-refractivity contribution < 1.29 is 13.9 Å². The van der Waals surface area contributed by atoms with Crippen molar-refractivity contribution in [3.05, 3.63) is 59.0 Å². The average Bonchev–Trinajstić information content (AvgIpc) is 3.69. The predicted molar refractivity (Wildman–Crippen MR) is 133 cm³/mol. The van der Waals surface area contributed by atoms with Crippen LogP contribution in [0.1, 0.15) is 49.3 Å². The van der Waals surface area contributed by atoms with E-state index in [1.807, 2.05) is 32.0 Å². The molecule has 2 N–H and O–H groups in total. The molecule has 0 atom stereocenters. The van der Waals surface area contributed by atoms with Gasteiger partial charge in [-0.2, -0.15) is 0 Å². The van der Waals surface area contributed by atoms with Crippen molar-refractivity contribution in [1.82, 2.24) is 15.3 Å². The van der Waals surface area contributed by atoms with E-state index in [0.29, 0.717) is 23.1 Å². The Morgan fingerprint density at radius 2 is 2.06 bits per heavy atom. The molecule has 0 unspecified atom stereocenters. The van der Waals surface area contributed by atoms with Gasteiger partial charge in [-0.3, -0.25) is 4.79 Å². The van der Waals surface area contributed by atoms with Gasteiger partial charge in [-0.1, -0.05) is 6.07 Å². The Balaban J connectivity index is 1.39. The van der Waals surface area contributed by atoms with Crippen molar-refractivity contribution in [3.8, 4) is 17.0 Å². The molecule has 1 aliphatic carbocycles. The van der Waals surface area contributed by atoms with Gasteiger partial charge in [0.25, 0.3) is 5.91 Å². The lowest BCUT2D eigenvalue weighted by atomic mass is 9.99. The van der Waals surface area contributed by atoms with E-state index < -0.39 is 5.82 Å². The fourth-order valence-electron chi connectivity index (χ4n) is 5.03. The molecule has 0 saturated heterocycles. The van der Waals surface area contributed by atoms with Crippen LogP contribution in [0, 0.1) is 5.82 Å². The molecule has 3 aromatic rings. The molecule has 3 heterocycles. The number of nitrogens with one attached hydrogen (secondary N) is 2. The highest BCUT2D eigenvalue weighted by Gasteiger charge is 2.35. The van der Waals surface area contributed by atoms with Gasteiger partial charge in [0, 0.05) is 29.4 Å². The number of fused-ring (bicyclic) bond motifs is 2. The van der Waals surface area contributed by atoms with E-state index in [-0.39, 0.29) is 24.2 Å². The van der Waals surface area contributed by atoms with Crippen LogP contribution in [0.3, 0.4) is 0 Å². The van der Waals surface area contributed by atoms with E-state index in [2.05, 4.69) is 32.7 Å². The number of amides is 1. The minimum atomic E-state index is -0.508. The Morgan fingerprint density at radius 1 is 1.20 bits per heavy atom. The number of nitrogens with zero attached hydrogens (tertiary/aromatic N) is 3. The van der Waals surface area contributed by atoms with Crippen LogP contribution in [0.4, 0.5) is 21.7 Å². The summed E-state index contributed by atoms with van der Waals surface area (Å²) in [6.07, 6.45) is 4.32. The highest BCUT2D eigenvalue weighted by atomic mass is 19.1. The predicted octanol–water partition coefficient (Wildman–Crippen LogP) is 4.68. The van der Waals surface area contributed by atoms with Gasteiger partial charge in [-0.15, -0.1) is 0 Å². The van der Waals surface area contributed by atoms with Gasteiger partial charge in [0.15, 0.2) is 12.4 Å². The van der Waals surface area contributed by atoms with Crippen molar-refractivity contribution in [2.75, 3.05) is 23.4 Å². The molecule has 8 heteroatoms. The summed E-state index contributed by atoms with van der Waals surface area (Å²) >= 11 is 0. The number of anilines is 3. The molecule has 1 fully saturated rings. The highest BCUT2D eigenvalue weighted by Crippen LogP contribution is 2.50. The molecule has 180 valence electrons. The maximum Gasteiger partial charge on any atom is 0.265 e. The first-order valence-corrected chi connectivity index (χ1v) is 12.2. The molecular weight excluding hydrogens is 445 g/mol. The smallest absolute Gasteiger partial charge is 0.265 e. The fraction of sp³-hybridized carbons (Fsp3) is 0.370. The van der Waals surface area contributed by atoms with Crippen LogP contribution in [0.2, 0.25) is 0 Å². The van der Waals surface area contributed by atoms with Crippen LogP contribution < -0.4 is 20.3 Å². The van der Waals surface area contributed by atoms with Gasteiger partial charge in [0.1, 0.15) is 11.4 Å². The van der Waals surface area contributed by atoms with Crippen LogP contribution >= 0.6 is 0 Å². The monoisotopic (exact) mass is 473 g/mol. The molecule has 0 spiro atoms. The minimum absolute atomic E-state index is 0.0243. The van der Waals surface area contributed by atoms with Crippen LogP contribution in [0.5, 0.6) is 5.75 Å². The zero-order chi connectivity index (χ0) is 24.1. The third kappa shape index (κ3) is 4.12. The number of halogens is 1. The van der Waals surface area contributed by atoms with Gasteiger partial charge < -0.3 is 20.3 Å². The summed E-state index contributed by atoms with van der Waals surface area (Å²) in [5.74, 6) is 0.811. The normalized spacial score (nSPS) is 17.1. The molecule has 3 aliphatic rings. The first-order valence-electron chi connectivity index (χ1n) is 12.2. The number of ether oxygens (including phenoxy) is 1. The van der Waals surface area contributed by atoms with Crippen molar-refractivity contribution in [2.45, 2.75) is 51.6 Å².